The summed E-state index contributed by atoms with van der Waals surface area (Å²) in [5.41, 5.74) is 1.38. The van der Waals surface area contributed by atoms with Crippen molar-refractivity contribution >= 4 is 17.8 Å². The molecule has 1 N–H and O–H groups in total. The molecule has 0 spiro atoms. The minimum Gasteiger partial charge on any atom is -0.452 e. The molecule has 30 heavy (non-hydrogen) atoms. The lowest BCUT2D eigenvalue weighted by atomic mass is 9.96. The first-order valence-corrected chi connectivity index (χ1v) is 10.0. The molecule has 2 aromatic carbocycles. The highest BCUT2D eigenvalue weighted by Gasteiger charge is 2.30. The Hall–Kier alpha value is -3.22. The Morgan fingerprint density at radius 1 is 1.07 bits per heavy atom. The summed E-state index contributed by atoms with van der Waals surface area (Å²) in [5, 5.41) is 2.76. The van der Waals surface area contributed by atoms with Crippen LogP contribution in [0.1, 0.15) is 35.7 Å². The lowest BCUT2D eigenvalue weighted by Gasteiger charge is -2.31. The molecule has 1 heterocycles. The number of carbonyl (C=O) groups is 3. The summed E-state index contributed by atoms with van der Waals surface area (Å²) in [4.78, 5) is 38.7. The monoisotopic (exact) mass is 412 g/mol. The zero-order chi connectivity index (χ0) is 21.5. The number of ether oxygens (including phenoxy) is 1. The standard InChI is InChI=1S/C23H25FN2O4/c1-16(21(27)25-15-17-5-3-2-4-6-17)30-23(29)19-11-13-26(14-12-19)22(28)18-7-9-20(24)10-8-18/h2-10,16,19H,11-15H2,1H3,(H,25,27)/t16-/m0/s1. The maximum atomic E-state index is 13.0. The molecule has 1 fully saturated rings. The average molecular weight is 412 g/mol. The molecule has 0 aromatic heterocycles. The molecule has 1 aliphatic rings. The molecule has 2 amide bonds. The Kier molecular flexibility index (Phi) is 7.17. The van der Waals surface area contributed by atoms with Crippen LogP contribution in [0.3, 0.4) is 0 Å². The van der Waals surface area contributed by atoms with E-state index in [-0.39, 0.29) is 17.7 Å². The van der Waals surface area contributed by atoms with Crippen LogP contribution in [-0.4, -0.2) is 41.9 Å². The van der Waals surface area contributed by atoms with Crippen LogP contribution in [0.4, 0.5) is 4.39 Å². The summed E-state index contributed by atoms with van der Waals surface area (Å²) in [7, 11) is 0. The number of amides is 2. The normalized spacial score (nSPS) is 15.3. The highest BCUT2D eigenvalue weighted by Crippen LogP contribution is 2.21. The maximum Gasteiger partial charge on any atom is 0.309 e. The Labute approximate surface area is 175 Å². The van der Waals surface area contributed by atoms with Crippen molar-refractivity contribution in [3.63, 3.8) is 0 Å². The summed E-state index contributed by atoms with van der Waals surface area (Å²) in [6.07, 6.45) is 0.0360. The van der Waals surface area contributed by atoms with Gasteiger partial charge < -0.3 is 15.0 Å². The van der Waals surface area contributed by atoms with Gasteiger partial charge in [-0.1, -0.05) is 30.3 Å². The number of halogens is 1. The summed E-state index contributed by atoms with van der Waals surface area (Å²) in [5.74, 6) is -1.71. The van der Waals surface area contributed by atoms with Gasteiger partial charge in [0.25, 0.3) is 11.8 Å². The van der Waals surface area contributed by atoms with Gasteiger partial charge in [0.05, 0.1) is 5.92 Å². The third kappa shape index (κ3) is 5.65. The summed E-state index contributed by atoms with van der Waals surface area (Å²) in [6, 6.07) is 14.9. The molecule has 7 heteroatoms. The van der Waals surface area contributed by atoms with Crippen LogP contribution in [0.2, 0.25) is 0 Å². The molecular weight excluding hydrogens is 387 g/mol. The molecule has 0 saturated carbocycles. The zero-order valence-corrected chi connectivity index (χ0v) is 16.8. The van der Waals surface area contributed by atoms with E-state index in [0.717, 1.165) is 5.56 Å². The predicted molar refractivity (Wildman–Crippen MR) is 109 cm³/mol. The van der Waals surface area contributed by atoms with Crippen molar-refractivity contribution < 1.29 is 23.5 Å². The van der Waals surface area contributed by atoms with E-state index in [1.807, 2.05) is 30.3 Å². The third-order valence-electron chi connectivity index (χ3n) is 5.18. The molecule has 158 valence electrons. The molecule has 1 aliphatic heterocycles. The van der Waals surface area contributed by atoms with Gasteiger partial charge in [-0.25, -0.2) is 4.39 Å². The van der Waals surface area contributed by atoms with E-state index >= 15 is 0 Å². The van der Waals surface area contributed by atoms with Crippen LogP contribution >= 0.6 is 0 Å². The van der Waals surface area contributed by atoms with Gasteiger partial charge in [-0.15, -0.1) is 0 Å². The van der Waals surface area contributed by atoms with E-state index in [4.69, 9.17) is 4.74 Å². The molecule has 0 unspecified atom stereocenters. The van der Waals surface area contributed by atoms with E-state index in [2.05, 4.69) is 5.32 Å². The molecule has 1 saturated heterocycles. The molecule has 1 atom stereocenters. The fourth-order valence-electron chi connectivity index (χ4n) is 3.35. The average Bonchev–Trinajstić information content (AvgIpc) is 2.78. The largest absolute Gasteiger partial charge is 0.452 e. The summed E-state index contributed by atoms with van der Waals surface area (Å²) < 4.78 is 18.4. The Morgan fingerprint density at radius 2 is 1.70 bits per heavy atom. The number of piperidine rings is 1. The van der Waals surface area contributed by atoms with Crippen LogP contribution in [0.5, 0.6) is 0 Å². The van der Waals surface area contributed by atoms with Crippen molar-refractivity contribution in [1.29, 1.82) is 0 Å². The fourth-order valence-corrected chi connectivity index (χ4v) is 3.35. The van der Waals surface area contributed by atoms with E-state index < -0.39 is 17.9 Å². The fraction of sp³-hybridized carbons (Fsp3) is 0.348. The number of hydrogen-bond acceptors (Lipinski definition) is 4. The first-order chi connectivity index (χ1) is 14.4. The first-order valence-electron chi connectivity index (χ1n) is 10.0. The maximum absolute atomic E-state index is 13.0. The highest BCUT2D eigenvalue weighted by atomic mass is 19.1. The van der Waals surface area contributed by atoms with Gasteiger partial charge in [0.1, 0.15) is 5.82 Å². The lowest BCUT2D eigenvalue weighted by Crippen LogP contribution is -2.42. The van der Waals surface area contributed by atoms with Crippen LogP contribution < -0.4 is 5.32 Å². The van der Waals surface area contributed by atoms with Crippen LogP contribution in [-0.2, 0) is 20.9 Å². The topological polar surface area (TPSA) is 75.7 Å². The number of benzene rings is 2. The van der Waals surface area contributed by atoms with E-state index in [1.165, 1.54) is 24.3 Å². The van der Waals surface area contributed by atoms with Crippen molar-refractivity contribution in [2.45, 2.75) is 32.4 Å². The minimum absolute atomic E-state index is 0.185. The predicted octanol–water partition coefficient (Wildman–Crippen LogP) is 2.93. The number of nitrogens with zero attached hydrogens (tertiary/aromatic N) is 1. The van der Waals surface area contributed by atoms with Crippen molar-refractivity contribution in [2.75, 3.05) is 13.1 Å². The number of carbonyl (C=O) groups excluding carboxylic acids is 3. The van der Waals surface area contributed by atoms with Crippen LogP contribution in [0.25, 0.3) is 0 Å². The number of likely N-dealkylation sites (tertiary alicyclic amines) is 1. The lowest BCUT2D eigenvalue weighted by molar-refractivity contribution is -0.160. The first kappa shape index (κ1) is 21.5. The number of nitrogens with one attached hydrogen (secondary N) is 1. The Bertz CT molecular complexity index is 878. The molecule has 2 aromatic rings. The van der Waals surface area contributed by atoms with Gasteiger partial charge in [0.15, 0.2) is 6.10 Å². The Balaban J connectivity index is 1.43. The van der Waals surface area contributed by atoms with Gasteiger partial charge >= 0.3 is 5.97 Å². The van der Waals surface area contributed by atoms with E-state index in [9.17, 15) is 18.8 Å². The van der Waals surface area contributed by atoms with Crippen molar-refractivity contribution in [3.05, 3.63) is 71.5 Å². The molecule has 0 radical (unpaired) electrons. The number of rotatable bonds is 6. The second kappa shape index (κ2) is 10.0. The molecule has 0 bridgehead atoms. The van der Waals surface area contributed by atoms with Crippen molar-refractivity contribution in [2.24, 2.45) is 5.92 Å². The van der Waals surface area contributed by atoms with E-state index in [0.29, 0.717) is 38.0 Å². The second-order valence-electron chi connectivity index (χ2n) is 7.36. The van der Waals surface area contributed by atoms with Gasteiger partial charge in [-0.05, 0) is 49.6 Å². The van der Waals surface area contributed by atoms with Gasteiger partial charge in [-0.2, -0.15) is 0 Å². The quantitative estimate of drug-likeness (QED) is 0.741. The zero-order valence-electron chi connectivity index (χ0n) is 16.8. The van der Waals surface area contributed by atoms with Crippen molar-refractivity contribution in [3.8, 4) is 0 Å². The summed E-state index contributed by atoms with van der Waals surface area (Å²) in [6.45, 7) is 2.73. The molecule has 6 nitrogen and oxygen atoms in total. The number of hydrogen-bond donors (Lipinski definition) is 1. The minimum atomic E-state index is -0.889. The van der Waals surface area contributed by atoms with Crippen molar-refractivity contribution in [1.82, 2.24) is 10.2 Å². The van der Waals surface area contributed by atoms with Gasteiger partial charge in [0.2, 0.25) is 0 Å². The SMILES string of the molecule is C[C@H](OC(=O)C1CCN(C(=O)c2ccc(F)cc2)CC1)C(=O)NCc1ccccc1. The smallest absolute Gasteiger partial charge is 0.309 e. The highest BCUT2D eigenvalue weighted by molar-refractivity contribution is 5.94. The second-order valence-corrected chi connectivity index (χ2v) is 7.36. The molecular formula is C23H25FN2O4. The Morgan fingerprint density at radius 3 is 2.33 bits per heavy atom. The summed E-state index contributed by atoms with van der Waals surface area (Å²) >= 11 is 0. The van der Waals surface area contributed by atoms with Crippen LogP contribution in [0.15, 0.2) is 54.6 Å². The van der Waals surface area contributed by atoms with E-state index in [1.54, 1.807) is 11.8 Å². The third-order valence-corrected chi connectivity index (χ3v) is 5.18. The molecule has 0 aliphatic carbocycles. The number of esters is 1. The van der Waals surface area contributed by atoms with Gasteiger partial charge in [0, 0.05) is 25.2 Å². The molecule has 3 rings (SSSR count). The van der Waals surface area contributed by atoms with Crippen LogP contribution in [0, 0.1) is 11.7 Å². The van der Waals surface area contributed by atoms with Gasteiger partial charge in [-0.3, -0.25) is 14.4 Å².